The molecule has 2 heterocycles. The molecule has 1 aromatic rings. The summed E-state index contributed by atoms with van der Waals surface area (Å²) in [5.74, 6) is -0.485. The number of methoxy groups -OCH3 is 1. The lowest BCUT2D eigenvalue weighted by atomic mass is 10.2. The van der Waals surface area contributed by atoms with Gasteiger partial charge in [-0.2, -0.15) is 0 Å². The number of allylic oxidation sites excluding steroid dienone is 1. The normalized spacial score (nSPS) is 22.4. The van der Waals surface area contributed by atoms with Crippen molar-refractivity contribution in [1.82, 2.24) is 15.8 Å². The number of thioether (sulfide) groups is 1. The first-order valence-electron chi connectivity index (χ1n) is 7.70. The van der Waals surface area contributed by atoms with Crippen LogP contribution >= 0.6 is 11.8 Å². The van der Waals surface area contributed by atoms with Gasteiger partial charge in [0, 0.05) is 6.54 Å². The topological polar surface area (TPSA) is 89.1 Å². The highest BCUT2D eigenvalue weighted by molar-refractivity contribution is 8.05. The molecule has 2 aliphatic rings. The zero-order valence-electron chi connectivity index (χ0n) is 13.9. The maximum absolute atomic E-state index is 12.2. The van der Waals surface area contributed by atoms with E-state index in [0.29, 0.717) is 23.8 Å². The molecule has 3 rings (SSSR count). The Balaban J connectivity index is 1.70. The molecule has 25 heavy (non-hydrogen) atoms. The summed E-state index contributed by atoms with van der Waals surface area (Å²) in [6.45, 7) is 2.88. The van der Waals surface area contributed by atoms with Crippen LogP contribution in [0.2, 0.25) is 0 Å². The predicted molar refractivity (Wildman–Crippen MR) is 90.6 cm³/mol. The van der Waals surface area contributed by atoms with Gasteiger partial charge in [-0.05, 0) is 24.2 Å². The number of rotatable bonds is 4. The maximum Gasteiger partial charge on any atom is 0.426 e. The molecule has 0 saturated carbocycles. The zero-order valence-corrected chi connectivity index (χ0v) is 14.7. The Labute approximate surface area is 149 Å². The third kappa shape index (κ3) is 3.58. The lowest BCUT2D eigenvalue weighted by Crippen LogP contribution is -2.58. The SMILES string of the molecule is COC(=O)C1=C(C)N(NC(=O)OCc2ccccc2)C2(NCCO2)S1. The number of nitrogens with one attached hydrogen (secondary N) is 2. The number of hydrogen-bond donors (Lipinski definition) is 2. The van der Waals surface area contributed by atoms with Crippen molar-refractivity contribution in [2.24, 2.45) is 0 Å². The monoisotopic (exact) mass is 365 g/mol. The number of amides is 1. The van der Waals surface area contributed by atoms with Crippen LogP contribution in [0.5, 0.6) is 0 Å². The van der Waals surface area contributed by atoms with Gasteiger partial charge in [0.1, 0.15) is 11.5 Å². The minimum absolute atomic E-state index is 0.140. The first kappa shape index (κ1) is 17.6. The molecule has 2 aliphatic heterocycles. The van der Waals surface area contributed by atoms with E-state index in [1.807, 2.05) is 30.3 Å². The van der Waals surface area contributed by atoms with E-state index in [9.17, 15) is 9.59 Å². The van der Waals surface area contributed by atoms with Crippen molar-refractivity contribution in [2.75, 3.05) is 20.3 Å². The van der Waals surface area contributed by atoms with Gasteiger partial charge < -0.3 is 14.2 Å². The molecule has 2 N–H and O–H groups in total. The molecule has 1 saturated heterocycles. The van der Waals surface area contributed by atoms with Crippen molar-refractivity contribution in [3.63, 3.8) is 0 Å². The Morgan fingerprint density at radius 2 is 2.16 bits per heavy atom. The predicted octanol–water partition coefficient (Wildman–Crippen LogP) is 1.51. The van der Waals surface area contributed by atoms with E-state index in [1.54, 1.807) is 6.92 Å². The molecular weight excluding hydrogens is 346 g/mol. The van der Waals surface area contributed by atoms with Gasteiger partial charge in [-0.3, -0.25) is 5.32 Å². The molecule has 1 atom stereocenters. The van der Waals surface area contributed by atoms with Gasteiger partial charge in [-0.25, -0.2) is 20.0 Å². The number of carbonyl (C=O) groups excluding carboxylic acids is 2. The van der Waals surface area contributed by atoms with Crippen LogP contribution in [0.25, 0.3) is 0 Å². The lowest BCUT2D eigenvalue weighted by Gasteiger charge is -2.34. The highest BCUT2D eigenvalue weighted by Crippen LogP contribution is 2.46. The summed E-state index contributed by atoms with van der Waals surface area (Å²) in [7, 11) is 1.31. The first-order valence-corrected chi connectivity index (χ1v) is 8.52. The highest BCUT2D eigenvalue weighted by Gasteiger charge is 2.52. The quantitative estimate of drug-likeness (QED) is 0.777. The van der Waals surface area contributed by atoms with E-state index in [2.05, 4.69) is 10.7 Å². The van der Waals surface area contributed by atoms with Gasteiger partial charge in [0.15, 0.2) is 0 Å². The largest absolute Gasteiger partial charge is 0.465 e. The van der Waals surface area contributed by atoms with Crippen molar-refractivity contribution < 1.29 is 23.8 Å². The second kappa shape index (κ2) is 7.34. The van der Waals surface area contributed by atoms with Crippen LogP contribution in [0.4, 0.5) is 4.79 Å². The van der Waals surface area contributed by atoms with Gasteiger partial charge in [0.25, 0.3) is 5.18 Å². The van der Waals surface area contributed by atoms with E-state index >= 15 is 0 Å². The van der Waals surface area contributed by atoms with Crippen molar-refractivity contribution in [3.8, 4) is 0 Å². The number of hydrazine groups is 1. The standard InChI is InChI=1S/C16H19N3O5S/c1-11-13(14(20)22-2)25-16(17-8-9-24-16)19(11)18-15(21)23-10-12-6-4-3-5-7-12/h3-7,17H,8-10H2,1-2H3,(H,18,21). The van der Waals surface area contributed by atoms with Crippen LogP contribution in [0.15, 0.2) is 40.9 Å². The average molecular weight is 365 g/mol. The summed E-state index contributed by atoms with van der Waals surface area (Å²) < 4.78 is 15.8. The Morgan fingerprint density at radius 3 is 2.80 bits per heavy atom. The number of ether oxygens (including phenoxy) is 3. The Bertz CT molecular complexity index is 688. The summed E-state index contributed by atoms with van der Waals surface area (Å²) in [4.78, 5) is 24.5. The zero-order chi connectivity index (χ0) is 17.9. The van der Waals surface area contributed by atoms with Crippen LogP contribution in [-0.4, -0.2) is 42.5 Å². The first-order chi connectivity index (χ1) is 12.1. The van der Waals surface area contributed by atoms with Gasteiger partial charge in [-0.15, -0.1) is 0 Å². The molecular formula is C16H19N3O5S. The molecule has 0 aromatic heterocycles. The van der Waals surface area contributed by atoms with E-state index in [-0.39, 0.29) is 6.61 Å². The van der Waals surface area contributed by atoms with Crippen LogP contribution in [0.3, 0.4) is 0 Å². The fourth-order valence-electron chi connectivity index (χ4n) is 2.52. The van der Waals surface area contributed by atoms with Crippen LogP contribution in [0.1, 0.15) is 12.5 Å². The van der Waals surface area contributed by atoms with Crippen molar-refractivity contribution in [2.45, 2.75) is 18.7 Å². The average Bonchev–Trinajstić information content (AvgIpc) is 3.21. The van der Waals surface area contributed by atoms with Gasteiger partial charge in [0.05, 0.1) is 19.4 Å². The number of benzene rings is 1. The molecule has 0 bridgehead atoms. The minimum atomic E-state index is -1.07. The highest BCUT2D eigenvalue weighted by atomic mass is 32.2. The smallest absolute Gasteiger partial charge is 0.426 e. The van der Waals surface area contributed by atoms with Crippen LogP contribution in [0, 0.1) is 0 Å². The molecule has 0 radical (unpaired) electrons. The molecule has 0 aliphatic carbocycles. The maximum atomic E-state index is 12.2. The van der Waals surface area contributed by atoms with Gasteiger partial charge in [0.2, 0.25) is 0 Å². The summed E-state index contributed by atoms with van der Waals surface area (Å²) in [6.07, 6.45) is -0.647. The fraction of sp³-hybridized carbons (Fsp3) is 0.375. The summed E-state index contributed by atoms with van der Waals surface area (Å²) in [5, 5.41) is 3.54. The summed E-state index contributed by atoms with van der Waals surface area (Å²) in [6, 6.07) is 9.36. The van der Waals surface area contributed by atoms with Gasteiger partial charge >= 0.3 is 12.1 Å². The third-order valence-corrected chi connectivity index (χ3v) is 5.12. The van der Waals surface area contributed by atoms with E-state index < -0.39 is 17.2 Å². The molecule has 1 aromatic carbocycles. The Hall–Kier alpha value is -2.23. The molecule has 1 unspecified atom stereocenters. The second-order valence-electron chi connectivity index (χ2n) is 5.37. The Kier molecular flexibility index (Phi) is 5.16. The fourth-order valence-corrected chi connectivity index (χ4v) is 3.80. The molecule has 1 fully saturated rings. The number of nitrogens with zero attached hydrogens (tertiary/aromatic N) is 1. The van der Waals surface area contributed by atoms with Gasteiger partial charge in [-0.1, -0.05) is 30.3 Å². The minimum Gasteiger partial charge on any atom is -0.465 e. The summed E-state index contributed by atoms with van der Waals surface area (Å²) >= 11 is 1.15. The molecule has 134 valence electrons. The van der Waals surface area contributed by atoms with Crippen molar-refractivity contribution >= 4 is 23.8 Å². The van der Waals surface area contributed by atoms with Crippen molar-refractivity contribution in [3.05, 3.63) is 46.5 Å². The van der Waals surface area contributed by atoms with E-state index in [4.69, 9.17) is 14.2 Å². The van der Waals surface area contributed by atoms with E-state index in [0.717, 1.165) is 17.3 Å². The third-order valence-electron chi connectivity index (χ3n) is 3.73. The summed E-state index contributed by atoms with van der Waals surface area (Å²) in [5.41, 5.74) is 4.03. The lowest BCUT2D eigenvalue weighted by molar-refractivity contribution is -0.135. The number of esters is 1. The van der Waals surface area contributed by atoms with Crippen LogP contribution in [-0.2, 0) is 25.6 Å². The van der Waals surface area contributed by atoms with Crippen molar-refractivity contribution in [1.29, 1.82) is 0 Å². The van der Waals surface area contributed by atoms with E-state index in [1.165, 1.54) is 12.1 Å². The molecule has 1 amide bonds. The molecule has 8 nitrogen and oxygen atoms in total. The Morgan fingerprint density at radius 1 is 1.40 bits per heavy atom. The van der Waals surface area contributed by atoms with Crippen LogP contribution < -0.4 is 10.7 Å². The molecule has 9 heteroatoms. The molecule has 1 spiro atoms. The second-order valence-corrected chi connectivity index (χ2v) is 6.54. The number of carbonyl (C=O) groups is 2. The number of hydrogen-bond acceptors (Lipinski definition) is 8.